The van der Waals surface area contributed by atoms with Crippen LogP contribution in [0.25, 0.3) is 0 Å². The fraction of sp³-hybridized carbons (Fsp3) is 0.476. The third-order valence-corrected chi connectivity index (χ3v) is 5.60. The Kier molecular flexibility index (Phi) is 5.99. The fourth-order valence-corrected chi connectivity index (χ4v) is 3.82. The van der Waals surface area contributed by atoms with Gasteiger partial charge in [-0.3, -0.25) is 19.5 Å². The SMILES string of the molecule is CCC1Oc2cnc(CN3CCN(c4cnc(C(=O)NC)nc4C)CC3)cc2NC1=O. The van der Waals surface area contributed by atoms with Gasteiger partial charge in [0.25, 0.3) is 11.8 Å². The summed E-state index contributed by atoms with van der Waals surface area (Å²) in [5.41, 5.74) is 3.31. The minimum atomic E-state index is -0.453. The van der Waals surface area contributed by atoms with Gasteiger partial charge in [-0.2, -0.15) is 0 Å². The maximum absolute atomic E-state index is 12.1. The van der Waals surface area contributed by atoms with Crippen LogP contribution in [0.3, 0.4) is 0 Å². The number of aromatic nitrogens is 3. The predicted octanol–water partition coefficient (Wildman–Crippen LogP) is 0.971. The number of carbonyl (C=O) groups excluding carboxylic acids is 2. The summed E-state index contributed by atoms with van der Waals surface area (Å²) in [5.74, 6) is 0.405. The summed E-state index contributed by atoms with van der Waals surface area (Å²) in [5, 5.41) is 5.46. The Morgan fingerprint density at radius 2 is 2.03 bits per heavy atom. The van der Waals surface area contributed by atoms with E-state index in [4.69, 9.17) is 4.74 Å². The van der Waals surface area contributed by atoms with E-state index in [1.165, 1.54) is 0 Å². The zero-order valence-electron chi connectivity index (χ0n) is 18.0. The van der Waals surface area contributed by atoms with Crippen LogP contribution in [0.2, 0.25) is 0 Å². The summed E-state index contributed by atoms with van der Waals surface area (Å²) in [6.07, 6.45) is 3.58. The summed E-state index contributed by atoms with van der Waals surface area (Å²) in [6, 6.07) is 1.89. The first-order valence-corrected chi connectivity index (χ1v) is 10.5. The van der Waals surface area contributed by atoms with Crippen molar-refractivity contribution >= 4 is 23.2 Å². The lowest BCUT2D eigenvalue weighted by molar-refractivity contribution is -0.123. The lowest BCUT2D eigenvalue weighted by Crippen LogP contribution is -2.46. The van der Waals surface area contributed by atoms with Crippen LogP contribution in [0, 0.1) is 6.92 Å². The molecule has 31 heavy (non-hydrogen) atoms. The molecule has 1 unspecified atom stereocenters. The van der Waals surface area contributed by atoms with Gasteiger partial charge in [0.2, 0.25) is 5.82 Å². The predicted molar refractivity (Wildman–Crippen MR) is 115 cm³/mol. The smallest absolute Gasteiger partial charge is 0.288 e. The normalized spacial score (nSPS) is 18.7. The van der Waals surface area contributed by atoms with Crippen molar-refractivity contribution < 1.29 is 14.3 Å². The molecule has 1 fully saturated rings. The topological polar surface area (TPSA) is 113 Å². The number of hydrogen-bond donors (Lipinski definition) is 2. The second-order valence-electron chi connectivity index (χ2n) is 7.68. The minimum Gasteiger partial charge on any atom is -0.477 e. The van der Waals surface area contributed by atoms with Gasteiger partial charge in [-0.25, -0.2) is 9.97 Å². The first-order chi connectivity index (χ1) is 15.0. The molecule has 2 aliphatic rings. The van der Waals surface area contributed by atoms with Gasteiger partial charge < -0.3 is 20.3 Å². The molecule has 0 aromatic carbocycles. The Morgan fingerprint density at radius 3 is 2.71 bits per heavy atom. The van der Waals surface area contributed by atoms with E-state index in [1.54, 1.807) is 19.4 Å². The second kappa shape index (κ2) is 8.84. The van der Waals surface area contributed by atoms with Gasteiger partial charge in [-0.1, -0.05) is 6.92 Å². The molecule has 10 heteroatoms. The quantitative estimate of drug-likeness (QED) is 0.729. The number of rotatable bonds is 5. The first kappa shape index (κ1) is 21.0. The summed E-state index contributed by atoms with van der Waals surface area (Å²) in [7, 11) is 1.56. The van der Waals surface area contributed by atoms with Crippen molar-refractivity contribution in [3.63, 3.8) is 0 Å². The third-order valence-electron chi connectivity index (χ3n) is 5.60. The Hall–Kier alpha value is -3.27. The molecule has 0 aliphatic carbocycles. The van der Waals surface area contributed by atoms with E-state index in [9.17, 15) is 9.59 Å². The number of amides is 2. The van der Waals surface area contributed by atoms with E-state index in [-0.39, 0.29) is 17.6 Å². The molecule has 164 valence electrons. The standard InChI is InChI=1S/C21H27N7O3/c1-4-17-20(29)26-15-9-14(23-11-18(15)31-17)12-27-5-7-28(8-6-27)16-10-24-19(21(30)22-3)25-13(16)2/h9-11,17H,4-8,12H2,1-3H3,(H,22,30)(H,26,29). The number of anilines is 2. The number of ether oxygens (including phenoxy) is 1. The van der Waals surface area contributed by atoms with Crippen molar-refractivity contribution in [3.8, 4) is 5.75 Å². The molecule has 10 nitrogen and oxygen atoms in total. The van der Waals surface area contributed by atoms with E-state index in [0.29, 0.717) is 24.4 Å². The van der Waals surface area contributed by atoms with Gasteiger partial charge in [0, 0.05) is 39.8 Å². The van der Waals surface area contributed by atoms with E-state index < -0.39 is 6.10 Å². The highest BCUT2D eigenvalue weighted by molar-refractivity contribution is 5.97. The summed E-state index contributed by atoms with van der Waals surface area (Å²) < 4.78 is 5.71. The van der Waals surface area contributed by atoms with Crippen molar-refractivity contribution in [2.45, 2.75) is 32.9 Å². The zero-order valence-corrected chi connectivity index (χ0v) is 18.0. The molecular formula is C21H27N7O3. The lowest BCUT2D eigenvalue weighted by atomic mass is 10.2. The fourth-order valence-electron chi connectivity index (χ4n) is 3.82. The van der Waals surface area contributed by atoms with Gasteiger partial charge in [0.05, 0.1) is 35.2 Å². The van der Waals surface area contributed by atoms with Crippen molar-refractivity contribution in [2.24, 2.45) is 0 Å². The zero-order chi connectivity index (χ0) is 22.0. The van der Waals surface area contributed by atoms with Crippen LogP contribution in [0.15, 0.2) is 18.5 Å². The number of piperazine rings is 1. The molecule has 1 atom stereocenters. The molecule has 2 aromatic heterocycles. The molecule has 0 bridgehead atoms. The Labute approximate surface area is 181 Å². The maximum Gasteiger partial charge on any atom is 0.288 e. The molecule has 2 amide bonds. The van der Waals surface area contributed by atoms with E-state index in [0.717, 1.165) is 43.3 Å². The highest BCUT2D eigenvalue weighted by atomic mass is 16.5. The average Bonchev–Trinajstić information content (AvgIpc) is 2.78. The van der Waals surface area contributed by atoms with Crippen molar-refractivity contribution in [3.05, 3.63) is 35.7 Å². The van der Waals surface area contributed by atoms with Crippen molar-refractivity contribution in [1.82, 2.24) is 25.2 Å². The number of hydrogen-bond acceptors (Lipinski definition) is 8. The molecule has 2 aliphatic heterocycles. The Bertz CT molecular complexity index is 989. The van der Waals surface area contributed by atoms with Crippen molar-refractivity contribution in [2.75, 3.05) is 43.4 Å². The maximum atomic E-state index is 12.1. The summed E-state index contributed by atoms with van der Waals surface area (Å²) >= 11 is 0. The Balaban J connectivity index is 1.36. The molecule has 4 rings (SSSR count). The average molecular weight is 425 g/mol. The van der Waals surface area contributed by atoms with Crippen molar-refractivity contribution in [1.29, 1.82) is 0 Å². The van der Waals surface area contributed by atoms with E-state index in [2.05, 4.69) is 35.4 Å². The number of nitrogens with one attached hydrogen (secondary N) is 2. The van der Waals surface area contributed by atoms with Crippen LogP contribution >= 0.6 is 0 Å². The second-order valence-corrected chi connectivity index (χ2v) is 7.68. The molecule has 0 saturated carbocycles. The summed E-state index contributed by atoms with van der Waals surface area (Å²) in [4.78, 5) is 41.4. The number of nitrogens with zero attached hydrogens (tertiary/aromatic N) is 5. The molecule has 0 radical (unpaired) electrons. The van der Waals surface area contributed by atoms with Crippen LogP contribution < -0.4 is 20.3 Å². The monoisotopic (exact) mass is 425 g/mol. The number of fused-ring (bicyclic) bond motifs is 1. The van der Waals surface area contributed by atoms with E-state index >= 15 is 0 Å². The molecular weight excluding hydrogens is 398 g/mol. The molecule has 0 spiro atoms. The first-order valence-electron chi connectivity index (χ1n) is 10.5. The lowest BCUT2D eigenvalue weighted by Gasteiger charge is -2.36. The van der Waals surface area contributed by atoms with Gasteiger partial charge in [0.15, 0.2) is 11.9 Å². The van der Waals surface area contributed by atoms with Gasteiger partial charge in [-0.15, -0.1) is 0 Å². The minimum absolute atomic E-state index is 0.110. The highest BCUT2D eigenvalue weighted by Gasteiger charge is 2.27. The highest BCUT2D eigenvalue weighted by Crippen LogP contribution is 2.30. The third kappa shape index (κ3) is 4.43. The Morgan fingerprint density at radius 1 is 1.26 bits per heavy atom. The van der Waals surface area contributed by atoms with Crippen LogP contribution in [-0.4, -0.2) is 71.0 Å². The van der Waals surface area contributed by atoms with Gasteiger partial charge >= 0.3 is 0 Å². The molecule has 2 N–H and O–H groups in total. The number of aryl methyl sites for hydroxylation is 1. The molecule has 1 saturated heterocycles. The van der Waals surface area contributed by atoms with Crippen LogP contribution in [-0.2, 0) is 11.3 Å². The molecule has 4 heterocycles. The number of carbonyl (C=O) groups is 2. The number of pyridine rings is 1. The van der Waals surface area contributed by atoms with Crippen LogP contribution in [0.4, 0.5) is 11.4 Å². The largest absolute Gasteiger partial charge is 0.477 e. The van der Waals surface area contributed by atoms with Gasteiger partial charge in [0.1, 0.15) is 0 Å². The van der Waals surface area contributed by atoms with E-state index in [1.807, 2.05) is 19.9 Å². The van der Waals surface area contributed by atoms with Crippen LogP contribution in [0.1, 0.15) is 35.4 Å². The van der Waals surface area contributed by atoms with Crippen LogP contribution in [0.5, 0.6) is 5.75 Å². The molecule has 2 aromatic rings. The summed E-state index contributed by atoms with van der Waals surface area (Å²) in [6.45, 7) is 7.87. The van der Waals surface area contributed by atoms with Gasteiger partial charge in [-0.05, 0) is 19.4 Å².